The van der Waals surface area contributed by atoms with Crippen molar-refractivity contribution in [2.75, 3.05) is 17.3 Å². The normalized spacial score (nSPS) is 17.9. The molecule has 8 nitrogen and oxygen atoms in total. The predicted molar refractivity (Wildman–Crippen MR) is 131 cm³/mol. The maximum absolute atomic E-state index is 12.0. The highest BCUT2D eigenvalue weighted by atomic mass is 32.2. The van der Waals surface area contributed by atoms with E-state index in [2.05, 4.69) is 6.07 Å². The van der Waals surface area contributed by atoms with Crippen molar-refractivity contribution in [3.8, 4) is 0 Å². The molecule has 1 fully saturated rings. The third-order valence-electron chi connectivity index (χ3n) is 4.42. The molecule has 0 unspecified atom stereocenters. The lowest BCUT2D eigenvalue weighted by atomic mass is 10.1. The molecule has 2 heterocycles. The molecule has 1 amide bonds. The molecule has 2 aliphatic heterocycles. The topological polar surface area (TPSA) is 157 Å². The Hall–Kier alpha value is -1.76. The second-order valence-corrected chi connectivity index (χ2v) is 11.2. The maximum Gasteiger partial charge on any atom is 0.353 e. The lowest BCUT2D eigenvalue weighted by Gasteiger charge is -2.43. The van der Waals surface area contributed by atoms with E-state index in [1.165, 1.54) is 28.4 Å². The third kappa shape index (κ3) is 6.15. The highest BCUT2D eigenvalue weighted by Gasteiger charge is 2.45. The van der Waals surface area contributed by atoms with Gasteiger partial charge in [-0.25, -0.2) is 4.79 Å². The fourth-order valence-electron chi connectivity index (χ4n) is 3.08. The van der Waals surface area contributed by atoms with Crippen molar-refractivity contribution in [1.29, 1.82) is 10.8 Å². The van der Waals surface area contributed by atoms with Crippen LogP contribution in [0.4, 0.5) is 0 Å². The van der Waals surface area contributed by atoms with Gasteiger partial charge in [0.25, 0.3) is 0 Å². The van der Waals surface area contributed by atoms with E-state index in [0.29, 0.717) is 40.1 Å². The first-order chi connectivity index (χ1) is 14.8. The molecule has 0 aliphatic carbocycles. The summed E-state index contributed by atoms with van der Waals surface area (Å²) in [6, 6.07) is 6.03. The number of thioether (sulfide) groups is 4. The van der Waals surface area contributed by atoms with Crippen molar-refractivity contribution < 1.29 is 14.7 Å². The average Bonchev–Trinajstić information content (AvgIpc) is 2.68. The number of β-lactam (4-membered cyclic amide) rings is 1. The van der Waals surface area contributed by atoms with Crippen LogP contribution in [0, 0.1) is 10.8 Å². The minimum Gasteiger partial charge on any atom is -0.477 e. The van der Waals surface area contributed by atoms with Crippen molar-refractivity contribution in [2.24, 2.45) is 11.5 Å². The van der Waals surface area contributed by atoms with Gasteiger partial charge >= 0.3 is 5.97 Å². The largest absolute Gasteiger partial charge is 0.477 e. The smallest absolute Gasteiger partial charge is 0.353 e. The molecule has 1 aromatic rings. The number of hydrogen-bond acceptors (Lipinski definition) is 8. The number of carbonyl (C=O) groups excluding carboxylic acids is 1. The summed E-state index contributed by atoms with van der Waals surface area (Å²) in [6.07, 6.45) is 0.388. The number of nitrogens with zero attached hydrogens (tertiary/aromatic N) is 1. The summed E-state index contributed by atoms with van der Waals surface area (Å²) in [5.74, 6) is 1.77. The second-order valence-electron chi connectivity index (χ2n) is 6.89. The number of amides is 1. The quantitative estimate of drug-likeness (QED) is 0.176. The van der Waals surface area contributed by atoms with Crippen LogP contribution in [-0.4, -0.2) is 56.2 Å². The molecule has 0 radical (unpaired) electrons. The molecule has 0 aromatic heterocycles. The number of amidine groups is 2. The highest BCUT2D eigenvalue weighted by molar-refractivity contribution is 8.06. The first-order valence-corrected chi connectivity index (χ1v) is 13.4. The lowest BCUT2D eigenvalue weighted by Crippen LogP contribution is -2.53. The minimum atomic E-state index is -1.08. The van der Waals surface area contributed by atoms with Crippen LogP contribution in [0.3, 0.4) is 0 Å². The van der Waals surface area contributed by atoms with E-state index in [-0.39, 0.29) is 28.6 Å². The van der Waals surface area contributed by atoms with Crippen LogP contribution in [0.25, 0.3) is 0 Å². The Morgan fingerprint density at radius 2 is 1.87 bits per heavy atom. The van der Waals surface area contributed by atoms with Gasteiger partial charge in [-0.1, -0.05) is 23.9 Å². The number of nitrogens with one attached hydrogen (secondary N) is 2. The molecule has 0 spiro atoms. The van der Waals surface area contributed by atoms with Crippen LogP contribution in [0.5, 0.6) is 0 Å². The minimum absolute atomic E-state index is 0.0748. The molecule has 0 bridgehead atoms. The summed E-state index contributed by atoms with van der Waals surface area (Å²) in [5, 5.41) is 24.4. The van der Waals surface area contributed by atoms with Gasteiger partial charge < -0.3 is 16.6 Å². The standard InChI is InChI=1S/C19H23N5O3S4/c20-14(21)8-28-5-10-1-2-12(11(3-10)6-29-9-15(22)23)31-13-7-30-17-4-16(25)24(17)18(13)19(26)27/h1-3,17H,4-9H2,(H3,20,21)(H3,22,23)(H,26,27)/t17-/m0/s1. The number of carbonyl (C=O) groups is 2. The molecule has 12 heteroatoms. The van der Waals surface area contributed by atoms with E-state index < -0.39 is 5.97 Å². The van der Waals surface area contributed by atoms with Gasteiger partial charge in [0.2, 0.25) is 5.91 Å². The van der Waals surface area contributed by atoms with Gasteiger partial charge in [-0.2, -0.15) is 0 Å². The maximum atomic E-state index is 12.0. The van der Waals surface area contributed by atoms with E-state index in [4.69, 9.17) is 22.3 Å². The molecule has 31 heavy (non-hydrogen) atoms. The molecule has 1 aromatic carbocycles. The third-order valence-corrected chi connectivity index (χ3v) is 9.11. The first kappa shape index (κ1) is 23.9. The SMILES string of the molecule is N=C(N)CSCc1ccc(SC2=C(C(=O)O)N3C(=O)C[C@@H]3SC2)c(CSCC(=N)N)c1. The Morgan fingerprint density at radius 3 is 2.48 bits per heavy atom. The van der Waals surface area contributed by atoms with Gasteiger partial charge in [-0.3, -0.25) is 20.5 Å². The number of hydrogen-bond donors (Lipinski definition) is 5. The van der Waals surface area contributed by atoms with Gasteiger partial charge in [-0.15, -0.1) is 35.3 Å². The zero-order valence-electron chi connectivity index (χ0n) is 16.6. The second kappa shape index (κ2) is 10.7. The number of nitrogens with two attached hydrogens (primary N) is 2. The number of benzene rings is 1. The van der Waals surface area contributed by atoms with E-state index >= 15 is 0 Å². The molecular weight excluding hydrogens is 475 g/mol. The molecule has 3 rings (SSSR count). The molecule has 7 N–H and O–H groups in total. The van der Waals surface area contributed by atoms with Crippen molar-refractivity contribution in [1.82, 2.24) is 4.90 Å². The van der Waals surface area contributed by atoms with Gasteiger partial charge in [0.15, 0.2) is 0 Å². The Labute approximate surface area is 197 Å². The number of carboxylic acids is 1. The summed E-state index contributed by atoms with van der Waals surface area (Å²) in [4.78, 5) is 26.9. The number of carboxylic acid groups (broad SMARTS) is 1. The Kier molecular flexibility index (Phi) is 8.25. The van der Waals surface area contributed by atoms with Crippen LogP contribution < -0.4 is 11.5 Å². The molecule has 2 aliphatic rings. The monoisotopic (exact) mass is 497 g/mol. The number of rotatable bonds is 11. The van der Waals surface area contributed by atoms with Crippen LogP contribution in [-0.2, 0) is 21.1 Å². The Morgan fingerprint density at radius 1 is 1.19 bits per heavy atom. The van der Waals surface area contributed by atoms with Crippen LogP contribution >= 0.6 is 47.0 Å². The zero-order valence-corrected chi connectivity index (χ0v) is 19.8. The first-order valence-electron chi connectivity index (χ1n) is 9.27. The van der Waals surface area contributed by atoms with E-state index in [0.717, 1.165) is 16.0 Å². The van der Waals surface area contributed by atoms with Gasteiger partial charge in [0.1, 0.15) is 17.4 Å². The summed E-state index contributed by atoms with van der Waals surface area (Å²) >= 11 is 6.05. The van der Waals surface area contributed by atoms with Crippen molar-refractivity contribution in [2.45, 2.75) is 28.2 Å². The molecule has 0 saturated carbocycles. The summed E-state index contributed by atoms with van der Waals surface area (Å²) in [6.45, 7) is 0. The van der Waals surface area contributed by atoms with Crippen LogP contribution in [0.1, 0.15) is 17.5 Å². The zero-order chi connectivity index (χ0) is 22.5. The molecular formula is C19H23N5O3S4. The van der Waals surface area contributed by atoms with Crippen molar-refractivity contribution in [3.63, 3.8) is 0 Å². The summed E-state index contributed by atoms with van der Waals surface area (Å²) in [5.41, 5.74) is 13.1. The van der Waals surface area contributed by atoms with Crippen LogP contribution in [0.15, 0.2) is 33.7 Å². The molecule has 1 atom stereocenters. The van der Waals surface area contributed by atoms with Crippen LogP contribution in [0.2, 0.25) is 0 Å². The van der Waals surface area contributed by atoms with E-state index in [1.54, 1.807) is 23.5 Å². The number of aliphatic carboxylic acids is 1. The number of fused-ring (bicyclic) bond motifs is 1. The molecule has 166 valence electrons. The summed E-state index contributed by atoms with van der Waals surface area (Å²) < 4.78 is 0. The Bertz CT molecular complexity index is 952. The van der Waals surface area contributed by atoms with Gasteiger partial charge in [-0.05, 0) is 17.2 Å². The van der Waals surface area contributed by atoms with E-state index in [9.17, 15) is 14.7 Å². The van der Waals surface area contributed by atoms with Gasteiger partial charge in [0, 0.05) is 27.1 Å². The highest BCUT2D eigenvalue weighted by Crippen LogP contribution is 2.45. The fourth-order valence-corrected chi connectivity index (χ4v) is 7.19. The van der Waals surface area contributed by atoms with E-state index in [1.807, 2.05) is 12.1 Å². The lowest BCUT2D eigenvalue weighted by molar-refractivity contribution is -0.146. The van der Waals surface area contributed by atoms with Gasteiger partial charge in [0.05, 0.1) is 23.3 Å². The van der Waals surface area contributed by atoms with Crippen molar-refractivity contribution >= 4 is 70.6 Å². The van der Waals surface area contributed by atoms with Crippen molar-refractivity contribution in [3.05, 3.63) is 39.9 Å². The molecule has 1 saturated heterocycles. The predicted octanol–water partition coefficient (Wildman–Crippen LogP) is 2.72. The fraction of sp³-hybridized carbons (Fsp3) is 0.368. The Balaban J connectivity index is 1.84. The average molecular weight is 498 g/mol. The summed E-state index contributed by atoms with van der Waals surface area (Å²) in [7, 11) is 0.